The minimum atomic E-state index is 0.538. The summed E-state index contributed by atoms with van der Waals surface area (Å²) >= 11 is 0. The summed E-state index contributed by atoms with van der Waals surface area (Å²) in [5.41, 5.74) is 5.44. The molecule has 8 nitrogen and oxygen atoms in total. The number of methoxy groups -OCH3 is 4. The zero-order valence-electron chi connectivity index (χ0n) is 21.4. The van der Waals surface area contributed by atoms with Gasteiger partial charge in [-0.1, -0.05) is 11.8 Å². The summed E-state index contributed by atoms with van der Waals surface area (Å²) in [6, 6.07) is 15.7. The van der Waals surface area contributed by atoms with Crippen LogP contribution in [0.25, 0.3) is 22.4 Å². The van der Waals surface area contributed by atoms with Crippen molar-refractivity contribution < 1.29 is 23.7 Å². The number of benzene rings is 3. The number of aromatic nitrogens is 2. The molecule has 8 heteroatoms. The second kappa shape index (κ2) is 10.7. The number of fused-ring (bicyclic) bond motifs is 1. The Bertz CT molecular complexity index is 1440. The first kappa shape index (κ1) is 24.3. The number of rotatable bonds is 6. The van der Waals surface area contributed by atoms with E-state index in [9.17, 15) is 0 Å². The van der Waals surface area contributed by atoms with Crippen LogP contribution in [0.4, 0.5) is 5.69 Å². The fraction of sp³-hybridized carbons (Fsp3) is 0.276. The third kappa shape index (κ3) is 4.99. The van der Waals surface area contributed by atoms with Gasteiger partial charge in [0.05, 0.1) is 63.9 Å². The third-order valence-electron chi connectivity index (χ3n) is 6.32. The highest BCUT2D eigenvalue weighted by Gasteiger charge is 2.19. The second-order valence-electron chi connectivity index (χ2n) is 8.46. The molecule has 0 atom stereocenters. The van der Waals surface area contributed by atoms with Crippen molar-refractivity contribution in [3.05, 3.63) is 59.7 Å². The minimum absolute atomic E-state index is 0.538. The number of aromatic amines is 1. The van der Waals surface area contributed by atoms with Crippen LogP contribution in [0.5, 0.6) is 23.0 Å². The molecular formula is C29H29N3O5. The Morgan fingerprint density at radius 2 is 1.54 bits per heavy atom. The predicted octanol–water partition coefficient (Wildman–Crippen LogP) is 4.50. The summed E-state index contributed by atoms with van der Waals surface area (Å²) < 4.78 is 27.4. The molecular weight excluding hydrogens is 470 g/mol. The summed E-state index contributed by atoms with van der Waals surface area (Å²) in [7, 11) is 6.44. The van der Waals surface area contributed by atoms with E-state index in [0.29, 0.717) is 36.3 Å². The second-order valence-corrected chi connectivity index (χ2v) is 8.46. The van der Waals surface area contributed by atoms with Crippen molar-refractivity contribution in [2.45, 2.75) is 0 Å². The first-order chi connectivity index (χ1) is 18.1. The quantitative estimate of drug-likeness (QED) is 0.392. The summed E-state index contributed by atoms with van der Waals surface area (Å²) in [5.74, 6) is 9.84. The van der Waals surface area contributed by atoms with Gasteiger partial charge in [-0.3, -0.25) is 0 Å². The molecule has 1 aromatic heterocycles. The summed E-state index contributed by atoms with van der Waals surface area (Å²) in [4.78, 5) is 10.6. The predicted molar refractivity (Wildman–Crippen MR) is 143 cm³/mol. The van der Waals surface area contributed by atoms with Crippen molar-refractivity contribution in [3.63, 3.8) is 0 Å². The van der Waals surface area contributed by atoms with Crippen LogP contribution in [0.1, 0.15) is 11.1 Å². The van der Waals surface area contributed by atoms with Crippen molar-refractivity contribution in [2.75, 3.05) is 59.6 Å². The molecule has 0 unspecified atom stereocenters. The monoisotopic (exact) mass is 499 g/mol. The van der Waals surface area contributed by atoms with Crippen molar-refractivity contribution in [1.29, 1.82) is 0 Å². The number of nitrogens with one attached hydrogen (secondary N) is 1. The summed E-state index contributed by atoms with van der Waals surface area (Å²) in [6.45, 7) is 2.96. The van der Waals surface area contributed by atoms with E-state index in [0.717, 1.165) is 52.3 Å². The van der Waals surface area contributed by atoms with Gasteiger partial charge in [0.25, 0.3) is 0 Å². The summed E-state index contributed by atoms with van der Waals surface area (Å²) in [5, 5.41) is 0. The molecule has 1 saturated heterocycles. The van der Waals surface area contributed by atoms with Crippen LogP contribution in [-0.2, 0) is 4.74 Å². The molecule has 0 spiro atoms. The molecule has 3 aromatic carbocycles. The van der Waals surface area contributed by atoms with Gasteiger partial charge >= 0.3 is 0 Å². The van der Waals surface area contributed by atoms with E-state index >= 15 is 0 Å². The van der Waals surface area contributed by atoms with Crippen LogP contribution in [0.15, 0.2) is 48.5 Å². The summed E-state index contributed by atoms with van der Waals surface area (Å²) in [6.07, 6.45) is 0. The Hall–Kier alpha value is -4.35. The Morgan fingerprint density at radius 1 is 0.838 bits per heavy atom. The van der Waals surface area contributed by atoms with E-state index in [4.69, 9.17) is 28.7 Å². The lowest BCUT2D eigenvalue weighted by molar-refractivity contribution is 0.122. The molecule has 2 heterocycles. The molecule has 0 saturated carbocycles. The lowest BCUT2D eigenvalue weighted by Gasteiger charge is -2.29. The number of H-pyrrole nitrogens is 1. The fourth-order valence-electron chi connectivity index (χ4n) is 4.38. The zero-order chi connectivity index (χ0) is 25.8. The van der Waals surface area contributed by atoms with Gasteiger partial charge in [-0.05, 0) is 48.5 Å². The normalized spacial score (nSPS) is 13.1. The molecule has 0 radical (unpaired) electrons. The highest BCUT2D eigenvalue weighted by Crippen LogP contribution is 2.41. The van der Waals surface area contributed by atoms with Crippen LogP contribution in [-0.4, -0.2) is 64.7 Å². The molecule has 1 aliphatic rings. The molecule has 1 N–H and O–H groups in total. The van der Waals surface area contributed by atoms with Crippen LogP contribution in [0, 0.1) is 11.8 Å². The lowest BCUT2D eigenvalue weighted by Crippen LogP contribution is -2.36. The highest BCUT2D eigenvalue weighted by atomic mass is 16.5. The van der Waals surface area contributed by atoms with E-state index < -0.39 is 0 Å². The maximum absolute atomic E-state index is 5.58. The molecule has 0 bridgehead atoms. The van der Waals surface area contributed by atoms with E-state index in [1.807, 2.05) is 36.4 Å². The third-order valence-corrected chi connectivity index (χ3v) is 6.32. The van der Waals surface area contributed by atoms with Crippen LogP contribution < -0.4 is 23.8 Å². The number of nitrogens with zero attached hydrogens (tertiary/aromatic N) is 2. The van der Waals surface area contributed by atoms with Crippen LogP contribution in [0.2, 0.25) is 0 Å². The molecule has 4 aromatic rings. The first-order valence-electron chi connectivity index (χ1n) is 12.0. The highest BCUT2D eigenvalue weighted by molar-refractivity contribution is 5.87. The number of ether oxygens (including phenoxy) is 5. The Morgan fingerprint density at radius 3 is 2.16 bits per heavy atom. The molecule has 1 fully saturated rings. The van der Waals surface area contributed by atoms with Gasteiger partial charge in [-0.2, -0.15) is 0 Å². The smallest absolute Gasteiger partial charge is 0.203 e. The number of hydrogen-bond acceptors (Lipinski definition) is 7. The van der Waals surface area contributed by atoms with Crippen molar-refractivity contribution in [1.82, 2.24) is 9.97 Å². The lowest BCUT2D eigenvalue weighted by atomic mass is 10.1. The van der Waals surface area contributed by atoms with E-state index in [2.05, 4.69) is 33.9 Å². The molecule has 1 aliphatic heterocycles. The average molecular weight is 500 g/mol. The number of anilines is 1. The van der Waals surface area contributed by atoms with Gasteiger partial charge in [-0.25, -0.2) is 4.98 Å². The topological polar surface area (TPSA) is 78.1 Å². The number of morpholine rings is 1. The van der Waals surface area contributed by atoms with E-state index in [1.54, 1.807) is 28.4 Å². The van der Waals surface area contributed by atoms with Gasteiger partial charge in [0.2, 0.25) is 5.75 Å². The molecule has 190 valence electrons. The Balaban J connectivity index is 1.59. The van der Waals surface area contributed by atoms with Crippen LogP contribution in [0.3, 0.4) is 0 Å². The Labute approximate surface area is 216 Å². The van der Waals surface area contributed by atoms with Crippen molar-refractivity contribution in [2.24, 2.45) is 0 Å². The van der Waals surface area contributed by atoms with E-state index in [1.165, 1.54) is 0 Å². The molecule has 0 amide bonds. The SMILES string of the molecule is COc1ccc(C#Cc2cc3[nH]c(-c4cc(OC)c(OC)c(OC)c4)nc3cc2N2CCOCC2)cc1. The van der Waals surface area contributed by atoms with E-state index in [-0.39, 0.29) is 0 Å². The van der Waals surface area contributed by atoms with Gasteiger partial charge < -0.3 is 33.6 Å². The first-order valence-corrected chi connectivity index (χ1v) is 12.0. The van der Waals surface area contributed by atoms with Crippen molar-refractivity contribution >= 4 is 16.7 Å². The molecule has 37 heavy (non-hydrogen) atoms. The number of hydrogen-bond donors (Lipinski definition) is 1. The largest absolute Gasteiger partial charge is 0.497 e. The van der Waals surface area contributed by atoms with Gasteiger partial charge in [-0.15, -0.1) is 0 Å². The maximum atomic E-state index is 5.58. The minimum Gasteiger partial charge on any atom is -0.497 e. The number of imidazole rings is 1. The van der Waals surface area contributed by atoms with Crippen molar-refractivity contribution in [3.8, 4) is 46.2 Å². The van der Waals surface area contributed by atoms with Gasteiger partial charge in [0.15, 0.2) is 11.5 Å². The van der Waals surface area contributed by atoms with Gasteiger partial charge in [0, 0.05) is 24.2 Å². The zero-order valence-corrected chi connectivity index (χ0v) is 21.4. The van der Waals surface area contributed by atoms with Gasteiger partial charge in [0.1, 0.15) is 11.6 Å². The average Bonchev–Trinajstić information content (AvgIpc) is 3.38. The maximum Gasteiger partial charge on any atom is 0.203 e. The standard InChI is InChI=1S/C29H29N3O5/c1-33-22-9-6-19(7-10-22)5-8-20-15-23-24(18-25(20)32-11-13-37-14-12-32)31-29(30-23)21-16-26(34-2)28(36-4)27(17-21)35-3/h6-7,9-10,15-18H,11-14H2,1-4H3,(H,30,31). The molecule has 0 aliphatic carbocycles. The Kier molecular flexibility index (Phi) is 7.06. The van der Waals surface area contributed by atoms with Crippen LogP contribution >= 0.6 is 0 Å². The molecule has 5 rings (SSSR count). The fourth-order valence-corrected chi connectivity index (χ4v) is 4.38.